The minimum absolute atomic E-state index is 0.864. The van der Waals surface area contributed by atoms with Gasteiger partial charge in [0.15, 0.2) is 0 Å². The lowest BCUT2D eigenvalue weighted by Crippen LogP contribution is -2.08. The van der Waals surface area contributed by atoms with Crippen LogP contribution in [0.15, 0.2) is 42.3 Å². The molecule has 3 rings (SSSR count). The summed E-state index contributed by atoms with van der Waals surface area (Å²) in [6.45, 7) is 3.80. The summed E-state index contributed by atoms with van der Waals surface area (Å²) in [5.41, 5.74) is 1.19. The Labute approximate surface area is 110 Å². The Morgan fingerprint density at radius 3 is 3.00 bits per heavy atom. The van der Waals surface area contributed by atoms with Gasteiger partial charge in [-0.2, -0.15) is 5.10 Å². The molecule has 0 fully saturated rings. The van der Waals surface area contributed by atoms with Crippen LogP contribution in [0.5, 0.6) is 0 Å². The van der Waals surface area contributed by atoms with Gasteiger partial charge in [0, 0.05) is 25.1 Å². The minimum atomic E-state index is 0.864. The molecule has 0 aliphatic carbocycles. The van der Waals surface area contributed by atoms with Gasteiger partial charge in [-0.1, -0.05) is 6.07 Å². The molecule has 3 aromatic rings. The number of aromatic nitrogens is 4. The molecule has 3 heterocycles. The second kappa shape index (κ2) is 4.78. The lowest BCUT2D eigenvalue weighted by Gasteiger charge is -2.06. The first-order valence-electron chi connectivity index (χ1n) is 5.87. The lowest BCUT2D eigenvalue weighted by atomic mass is 10.4. The molecule has 92 valence electrons. The Morgan fingerprint density at radius 2 is 2.28 bits per heavy atom. The van der Waals surface area contributed by atoms with E-state index in [1.54, 1.807) is 11.3 Å². The highest BCUT2D eigenvalue weighted by Crippen LogP contribution is 2.22. The number of rotatable bonds is 4. The second-order valence-electron chi connectivity index (χ2n) is 4.20. The van der Waals surface area contributed by atoms with E-state index < -0.39 is 0 Å². The minimum Gasteiger partial charge on any atom is -0.328 e. The van der Waals surface area contributed by atoms with E-state index >= 15 is 0 Å². The van der Waals surface area contributed by atoms with Crippen molar-refractivity contribution in [3.8, 4) is 10.7 Å². The third-order valence-electron chi connectivity index (χ3n) is 2.79. The van der Waals surface area contributed by atoms with E-state index in [1.165, 1.54) is 10.4 Å². The molecule has 0 bridgehead atoms. The van der Waals surface area contributed by atoms with E-state index in [0.29, 0.717) is 0 Å². The molecule has 0 N–H and O–H groups in total. The number of hydrogen-bond donors (Lipinski definition) is 0. The zero-order valence-electron chi connectivity index (χ0n) is 10.2. The van der Waals surface area contributed by atoms with E-state index in [1.807, 2.05) is 23.3 Å². The van der Waals surface area contributed by atoms with Gasteiger partial charge in [0.05, 0.1) is 17.6 Å². The molecule has 3 aromatic heterocycles. The van der Waals surface area contributed by atoms with E-state index in [9.17, 15) is 0 Å². The maximum absolute atomic E-state index is 4.42. The summed E-state index contributed by atoms with van der Waals surface area (Å²) in [6, 6.07) is 4.15. The molecule has 0 spiro atoms. The van der Waals surface area contributed by atoms with Gasteiger partial charge in [0.25, 0.3) is 0 Å². The molecule has 0 saturated heterocycles. The largest absolute Gasteiger partial charge is 0.328 e. The van der Waals surface area contributed by atoms with Crippen LogP contribution in [-0.2, 0) is 13.1 Å². The van der Waals surface area contributed by atoms with E-state index in [0.717, 1.165) is 18.9 Å². The van der Waals surface area contributed by atoms with Gasteiger partial charge in [-0.05, 0) is 23.9 Å². The Morgan fingerprint density at radius 1 is 1.33 bits per heavy atom. The third-order valence-corrected chi connectivity index (χ3v) is 3.66. The van der Waals surface area contributed by atoms with Crippen LogP contribution < -0.4 is 0 Å². The maximum Gasteiger partial charge on any atom is 0.150 e. The molecule has 0 radical (unpaired) electrons. The quantitative estimate of drug-likeness (QED) is 0.721. The molecule has 0 amide bonds. The predicted octanol–water partition coefficient (Wildman–Crippen LogP) is 2.82. The molecule has 0 aromatic carbocycles. The van der Waals surface area contributed by atoms with Crippen LogP contribution in [0.1, 0.15) is 5.56 Å². The molecule has 0 aliphatic heterocycles. The van der Waals surface area contributed by atoms with Crippen molar-refractivity contribution >= 4 is 11.3 Å². The molecule has 0 aliphatic rings. The average Bonchev–Trinajstić information content (AvgIpc) is 3.07. The van der Waals surface area contributed by atoms with Gasteiger partial charge >= 0.3 is 0 Å². The highest BCUT2D eigenvalue weighted by Gasteiger charge is 2.06. The van der Waals surface area contributed by atoms with Crippen molar-refractivity contribution in [2.24, 2.45) is 0 Å². The normalized spacial score (nSPS) is 10.9. The predicted molar refractivity (Wildman–Crippen MR) is 72.5 cm³/mol. The van der Waals surface area contributed by atoms with Crippen molar-refractivity contribution in [3.63, 3.8) is 0 Å². The SMILES string of the molecule is Cc1cnn(CCn2ccnc2-c2cccs2)c1. The molecule has 0 saturated carbocycles. The van der Waals surface area contributed by atoms with E-state index in [4.69, 9.17) is 0 Å². The molecule has 0 atom stereocenters. The van der Waals surface area contributed by atoms with Gasteiger partial charge < -0.3 is 4.57 Å². The van der Waals surface area contributed by atoms with Gasteiger partial charge in [-0.25, -0.2) is 4.98 Å². The zero-order chi connectivity index (χ0) is 12.4. The zero-order valence-corrected chi connectivity index (χ0v) is 11.0. The Bertz CT molecular complexity index is 621. The van der Waals surface area contributed by atoms with Crippen LogP contribution in [-0.4, -0.2) is 19.3 Å². The Hall–Kier alpha value is -1.88. The molecular formula is C13H14N4S. The number of imidazole rings is 1. The molecular weight excluding hydrogens is 244 g/mol. The van der Waals surface area contributed by atoms with Crippen LogP contribution in [0.4, 0.5) is 0 Å². The maximum atomic E-state index is 4.42. The van der Waals surface area contributed by atoms with Crippen LogP contribution in [0.25, 0.3) is 10.7 Å². The second-order valence-corrected chi connectivity index (χ2v) is 5.15. The summed E-state index contributed by atoms with van der Waals surface area (Å²) >= 11 is 1.71. The first kappa shape index (κ1) is 11.2. The molecule has 4 nitrogen and oxygen atoms in total. The smallest absolute Gasteiger partial charge is 0.150 e. The van der Waals surface area contributed by atoms with Crippen molar-refractivity contribution in [1.82, 2.24) is 19.3 Å². The topological polar surface area (TPSA) is 35.6 Å². The van der Waals surface area contributed by atoms with Crippen molar-refractivity contribution < 1.29 is 0 Å². The van der Waals surface area contributed by atoms with Crippen LogP contribution in [0.2, 0.25) is 0 Å². The van der Waals surface area contributed by atoms with Crippen molar-refractivity contribution in [1.29, 1.82) is 0 Å². The summed E-state index contributed by atoms with van der Waals surface area (Å²) in [5, 5.41) is 6.37. The van der Waals surface area contributed by atoms with Crippen molar-refractivity contribution in [3.05, 3.63) is 47.9 Å². The van der Waals surface area contributed by atoms with Crippen molar-refractivity contribution in [2.75, 3.05) is 0 Å². The first-order chi connectivity index (χ1) is 8.83. The number of nitrogens with zero attached hydrogens (tertiary/aromatic N) is 4. The first-order valence-corrected chi connectivity index (χ1v) is 6.75. The summed E-state index contributed by atoms with van der Waals surface area (Å²) in [5.74, 6) is 1.04. The Balaban J connectivity index is 1.76. The number of hydrogen-bond acceptors (Lipinski definition) is 3. The van der Waals surface area contributed by atoms with Gasteiger partial charge in [-0.3, -0.25) is 4.68 Å². The highest BCUT2D eigenvalue weighted by molar-refractivity contribution is 7.13. The Kier molecular flexibility index (Phi) is 2.98. The van der Waals surface area contributed by atoms with Gasteiger partial charge in [0.2, 0.25) is 0 Å². The van der Waals surface area contributed by atoms with Crippen molar-refractivity contribution in [2.45, 2.75) is 20.0 Å². The summed E-state index contributed by atoms with van der Waals surface area (Å²) in [6.07, 6.45) is 7.81. The fraction of sp³-hybridized carbons (Fsp3) is 0.231. The molecule has 18 heavy (non-hydrogen) atoms. The van der Waals surface area contributed by atoms with E-state index in [-0.39, 0.29) is 0 Å². The number of aryl methyl sites for hydroxylation is 3. The van der Waals surface area contributed by atoms with E-state index in [2.05, 4.69) is 45.3 Å². The standard InChI is InChI=1S/C13H14N4S/c1-11-9-15-17(10-11)7-6-16-5-4-14-13(16)12-3-2-8-18-12/h2-5,8-10H,6-7H2,1H3. The highest BCUT2D eigenvalue weighted by atomic mass is 32.1. The molecule has 5 heteroatoms. The van der Waals surface area contributed by atoms with Crippen LogP contribution in [0, 0.1) is 6.92 Å². The van der Waals surface area contributed by atoms with Gasteiger partial charge in [0.1, 0.15) is 5.82 Å². The lowest BCUT2D eigenvalue weighted by molar-refractivity contribution is 0.536. The van der Waals surface area contributed by atoms with Gasteiger partial charge in [-0.15, -0.1) is 11.3 Å². The third kappa shape index (κ3) is 2.22. The average molecular weight is 258 g/mol. The monoisotopic (exact) mass is 258 g/mol. The molecule has 0 unspecified atom stereocenters. The van der Waals surface area contributed by atoms with Crippen LogP contribution >= 0.6 is 11.3 Å². The fourth-order valence-corrected chi connectivity index (χ4v) is 2.66. The summed E-state index contributed by atoms with van der Waals surface area (Å²) < 4.78 is 4.14. The summed E-state index contributed by atoms with van der Waals surface area (Å²) in [7, 11) is 0. The van der Waals surface area contributed by atoms with Crippen LogP contribution in [0.3, 0.4) is 0 Å². The fourth-order valence-electron chi connectivity index (χ4n) is 1.92. The number of thiophene rings is 1. The summed E-state index contributed by atoms with van der Waals surface area (Å²) in [4.78, 5) is 5.63.